The van der Waals surface area contributed by atoms with Gasteiger partial charge in [0.2, 0.25) is 0 Å². The molecule has 0 saturated carbocycles. The van der Waals surface area contributed by atoms with Gasteiger partial charge in [0.1, 0.15) is 11.3 Å². The van der Waals surface area contributed by atoms with E-state index in [1.165, 1.54) is 18.2 Å². The molecule has 0 radical (unpaired) electrons. The van der Waals surface area contributed by atoms with Gasteiger partial charge in [0, 0.05) is 0 Å². The highest BCUT2D eigenvalue weighted by atomic mass is 19.4. The van der Waals surface area contributed by atoms with Crippen LogP contribution in [0.2, 0.25) is 0 Å². The van der Waals surface area contributed by atoms with Crippen molar-refractivity contribution in [1.82, 2.24) is 0 Å². The van der Waals surface area contributed by atoms with E-state index in [9.17, 15) is 35.5 Å². The normalized spacial score (nSPS) is 12.9. The van der Waals surface area contributed by atoms with Crippen LogP contribution in [0.25, 0.3) is 5.57 Å². The highest BCUT2D eigenvalue weighted by Crippen LogP contribution is 2.39. The molecule has 35 heavy (non-hydrogen) atoms. The Balaban J connectivity index is 2.20. The minimum Gasteiger partial charge on any atom is -0.462 e. The van der Waals surface area contributed by atoms with Crippen LogP contribution in [0.5, 0.6) is 0 Å². The van der Waals surface area contributed by atoms with Crippen LogP contribution in [0.4, 0.5) is 36.4 Å². The Morgan fingerprint density at radius 1 is 0.886 bits per heavy atom. The van der Waals surface area contributed by atoms with E-state index in [4.69, 9.17) is 4.74 Å². The number of esters is 1. The van der Waals surface area contributed by atoms with Gasteiger partial charge in [0.15, 0.2) is 23.3 Å². The maximum atomic E-state index is 14.6. The predicted octanol–water partition coefficient (Wildman–Crippen LogP) is 7.06. The van der Waals surface area contributed by atoms with Gasteiger partial charge in [-0.15, -0.1) is 0 Å². The lowest BCUT2D eigenvalue weighted by atomic mass is 9.98. The van der Waals surface area contributed by atoms with E-state index in [1.807, 2.05) is 0 Å². The van der Waals surface area contributed by atoms with Gasteiger partial charge in [0.25, 0.3) is 0 Å². The van der Waals surface area contributed by atoms with E-state index < -0.39 is 52.7 Å². The van der Waals surface area contributed by atoms with E-state index in [2.05, 4.69) is 5.32 Å². The predicted molar refractivity (Wildman–Crippen MR) is 115 cm³/mol. The second kappa shape index (κ2) is 10.6. The number of benzene rings is 3. The van der Waals surface area contributed by atoms with Crippen LogP contribution in [0.3, 0.4) is 0 Å². The molecule has 0 aliphatic carbocycles. The molecule has 1 unspecified atom stereocenters. The summed E-state index contributed by atoms with van der Waals surface area (Å²) >= 11 is 0. The molecule has 0 amide bonds. The van der Waals surface area contributed by atoms with Crippen LogP contribution >= 0.6 is 0 Å². The van der Waals surface area contributed by atoms with E-state index >= 15 is 0 Å². The van der Waals surface area contributed by atoms with Crippen LogP contribution in [0.15, 0.2) is 66.7 Å². The van der Waals surface area contributed by atoms with E-state index in [0.29, 0.717) is 5.56 Å². The Kier molecular flexibility index (Phi) is 7.83. The number of hydrogen-bond donors (Lipinski definition) is 1. The Bertz CT molecular complexity index is 1200. The molecule has 3 aromatic carbocycles. The van der Waals surface area contributed by atoms with Crippen molar-refractivity contribution in [2.45, 2.75) is 19.1 Å². The van der Waals surface area contributed by atoms with E-state index in [1.54, 1.807) is 55.5 Å². The van der Waals surface area contributed by atoms with Crippen molar-refractivity contribution in [2.24, 2.45) is 0 Å². The lowest BCUT2D eigenvalue weighted by Crippen LogP contribution is -2.19. The first kappa shape index (κ1) is 25.8. The summed E-state index contributed by atoms with van der Waals surface area (Å²) in [5.41, 5.74) is -3.55. The number of alkyl halides is 3. The molecule has 184 valence electrons. The van der Waals surface area contributed by atoms with E-state index in [-0.39, 0.29) is 17.7 Å². The van der Waals surface area contributed by atoms with Gasteiger partial charge in [-0.3, -0.25) is 0 Å². The van der Waals surface area contributed by atoms with Crippen molar-refractivity contribution in [3.8, 4) is 0 Å². The molecule has 0 heterocycles. The van der Waals surface area contributed by atoms with Crippen LogP contribution in [0.1, 0.15) is 29.7 Å². The Hall–Kier alpha value is -3.82. The van der Waals surface area contributed by atoms with Crippen LogP contribution in [-0.4, -0.2) is 12.6 Å². The number of anilines is 1. The van der Waals surface area contributed by atoms with Crippen molar-refractivity contribution in [3.63, 3.8) is 0 Å². The third-order valence-electron chi connectivity index (χ3n) is 4.92. The first-order chi connectivity index (χ1) is 16.6. The highest BCUT2D eigenvalue weighted by Gasteiger charge is 2.42. The summed E-state index contributed by atoms with van der Waals surface area (Å²) in [5.74, 6) is -10.5. The molecular formula is C25H18F7NO2. The minimum atomic E-state index is -5.67. The molecule has 0 aliphatic heterocycles. The fourth-order valence-electron chi connectivity index (χ4n) is 3.32. The van der Waals surface area contributed by atoms with Gasteiger partial charge in [-0.2, -0.15) is 13.2 Å². The van der Waals surface area contributed by atoms with Gasteiger partial charge in [0.05, 0.1) is 18.2 Å². The first-order valence-electron chi connectivity index (χ1n) is 10.2. The fraction of sp³-hybridized carbons (Fsp3) is 0.160. The van der Waals surface area contributed by atoms with Crippen molar-refractivity contribution < 1.29 is 40.3 Å². The standard InChI is InChI=1S/C25H18F7NO2/c1-2-35-24(34)16(14-9-5-3-6-10-14)13-17(15-11-7-4-8-12-15)33-23-21(28)19(26)18(25(30,31)32)20(27)22(23)29/h3-13,17,33H,2H2,1H3/b16-13-. The van der Waals surface area contributed by atoms with Gasteiger partial charge in [-0.05, 0) is 24.1 Å². The fourth-order valence-corrected chi connectivity index (χ4v) is 3.32. The molecule has 10 heteroatoms. The number of carbonyl (C=O) groups excluding carboxylic acids is 1. The maximum absolute atomic E-state index is 14.6. The molecule has 0 aromatic heterocycles. The maximum Gasteiger partial charge on any atom is 0.422 e. The number of ether oxygens (including phenoxy) is 1. The second-order valence-corrected chi connectivity index (χ2v) is 7.20. The number of hydrogen-bond acceptors (Lipinski definition) is 3. The summed E-state index contributed by atoms with van der Waals surface area (Å²) in [7, 11) is 0. The molecular weight excluding hydrogens is 479 g/mol. The number of rotatable bonds is 7. The largest absolute Gasteiger partial charge is 0.462 e. The molecule has 1 atom stereocenters. The quantitative estimate of drug-likeness (QED) is 0.164. The van der Waals surface area contributed by atoms with Gasteiger partial charge in [-0.1, -0.05) is 60.7 Å². The SMILES string of the molecule is CCOC(=O)/C(=C\C(Nc1c(F)c(F)c(C(F)(F)F)c(F)c1F)c1ccccc1)c1ccccc1. The summed E-state index contributed by atoms with van der Waals surface area (Å²) in [6.45, 7) is 1.57. The van der Waals surface area contributed by atoms with Crippen LogP contribution in [-0.2, 0) is 15.7 Å². The summed E-state index contributed by atoms with van der Waals surface area (Å²) in [6, 6.07) is 14.4. The lowest BCUT2D eigenvalue weighted by molar-refractivity contribution is -0.143. The number of halogens is 7. The van der Waals surface area contributed by atoms with Gasteiger partial charge >= 0.3 is 12.1 Å². The third kappa shape index (κ3) is 5.64. The molecule has 0 bridgehead atoms. The molecule has 0 saturated heterocycles. The first-order valence-corrected chi connectivity index (χ1v) is 10.2. The van der Waals surface area contributed by atoms with Crippen molar-refractivity contribution in [1.29, 1.82) is 0 Å². The average Bonchev–Trinajstić information content (AvgIpc) is 2.83. The number of nitrogens with one attached hydrogen (secondary N) is 1. The lowest BCUT2D eigenvalue weighted by Gasteiger charge is -2.21. The molecule has 3 nitrogen and oxygen atoms in total. The summed E-state index contributed by atoms with van der Waals surface area (Å²) in [5, 5.41) is 2.21. The monoisotopic (exact) mass is 497 g/mol. The Morgan fingerprint density at radius 3 is 1.89 bits per heavy atom. The van der Waals surface area contributed by atoms with E-state index in [0.717, 1.165) is 0 Å². The zero-order valence-electron chi connectivity index (χ0n) is 18.1. The Morgan fingerprint density at radius 2 is 1.40 bits per heavy atom. The molecule has 1 N–H and O–H groups in total. The zero-order valence-corrected chi connectivity index (χ0v) is 18.1. The highest BCUT2D eigenvalue weighted by molar-refractivity contribution is 6.16. The number of carbonyl (C=O) groups is 1. The molecule has 0 fully saturated rings. The summed E-state index contributed by atoms with van der Waals surface area (Å²) in [6.07, 6.45) is -4.47. The minimum absolute atomic E-state index is 0.00498. The molecule has 0 aliphatic rings. The zero-order chi connectivity index (χ0) is 25.8. The third-order valence-corrected chi connectivity index (χ3v) is 4.92. The van der Waals surface area contributed by atoms with Crippen molar-refractivity contribution >= 4 is 17.2 Å². The van der Waals surface area contributed by atoms with Gasteiger partial charge in [-0.25, -0.2) is 22.4 Å². The van der Waals surface area contributed by atoms with Crippen LogP contribution in [0, 0.1) is 23.3 Å². The van der Waals surface area contributed by atoms with Gasteiger partial charge < -0.3 is 10.1 Å². The summed E-state index contributed by atoms with van der Waals surface area (Å²) < 4.78 is 101. The second-order valence-electron chi connectivity index (χ2n) is 7.20. The molecule has 0 spiro atoms. The van der Waals surface area contributed by atoms with Crippen molar-refractivity contribution in [3.05, 3.63) is 107 Å². The topological polar surface area (TPSA) is 38.3 Å². The molecule has 3 aromatic rings. The van der Waals surface area contributed by atoms with Crippen LogP contribution < -0.4 is 5.32 Å². The summed E-state index contributed by atoms with van der Waals surface area (Å²) in [4.78, 5) is 12.6. The molecule has 3 rings (SSSR count). The Labute approximate surface area is 195 Å². The smallest absolute Gasteiger partial charge is 0.422 e. The van der Waals surface area contributed by atoms with Crippen molar-refractivity contribution in [2.75, 3.05) is 11.9 Å². The average molecular weight is 497 g/mol.